The Labute approximate surface area is 308 Å². The van der Waals surface area contributed by atoms with Gasteiger partial charge in [0.2, 0.25) is 0 Å². The minimum absolute atomic E-state index is 0.125. The number of rotatable bonds is 4. The van der Waals surface area contributed by atoms with Gasteiger partial charge in [-0.2, -0.15) is 0 Å². The highest BCUT2D eigenvalue weighted by Gasteiger charge is 2.24. The van der Waals surface area contributed by atoms with Gasteiger partial charge in [-0.1, -0.05) is 121 Å². The maximum atomic E-state index is 3.59. The van der Waals surface area contributed by atoms with Crippen LogP contribution in [0.15, 0.2) is 178 Å². The number of hydrogen-bond acceptors (Lipinski definition) is 6. The van der Waals surface area contributed by atoms with Crippen LogP contribution in [0.1, 0.15) is 34.3 Å². The second kappa shape index (κ2) is 13.8. The van der Waals surface area contributed by atoms with E-state index in [2.05, 4.69) is 174 Å². The van der Waals surface area contributed by atoms with Crippen molar-refractivity contribution in [3.63, 3.8) is 0 Å². The van der Waals surface area contributed by atoms with Gasteiger partial charge >= 0.3 is 0 Å². The van der Waals surface area contributed by atoms with Gasteiger partial charge in [-0.25, -0.2) is 0 Å². The van der Waals surface area contributed by atoms with Gasteiger partial charge in [0, 0.05) is 51.1 Å². The molecule has 51 heavy (non-hydrogen) atoms. The number of dihydropyridines is 3. The molecular weight excluding hydrogens is 661 g/mol. The van der Waals surface area contributed by atoms with Gasteiger partial charge < -0.3 is 20.9 Å². The van der Waals surface area contributed by atoms with Gasteiger partial charge in [0.05, 0.1) is 12.1 Å². The van der Waals surface area contributed by atoms with Gasteiger partial charge in [0.25, 0.3) is 0 Å². The van der Waals surface area contributed by atoms with Crippen LogP contribution in [0.5, 0.6) is 0 Å². The summed E-state index contributed by atoms with van der Waals surface area (Å²) in [4.78, 5) is 7.26. The molecule has 5 aliphatic rings. The number of allylic oxidation sites excluding steroid dienone is 8. The number of benzene rings is 4. The first-order valence-electron chi connectivity index (χ1n) is 17.5. The van der Waals surface area contributed by atoms with Gasteiger partial charge in [0.1, 0.15) is 0 Å². The normalized spacial score (nSPS) is 19.7. The quantitative estimate of drug-likeness (QED) is 0.174. The second-order valence-electron chi connectivity index (χ2n) is 13.1. The smallest absolute Gasteiger partial charge is 0.0721 e. The van der Waals surface area contributed by atoms with Gasteiger partial charge in [-0.05, 0) is 105 Å². The molecule has 0 aliphatic carbocycles. The Morgan fingerprint density at radius 1 is 0.569 bits per heavy atom. The van der Waals surface area contributed by atoms with E-state index in [4.69, 9.17) is 0 Å². The summed E-state index contributed by atoms with van der Waals surface area (Å²) in [6.45, 7) is 1.67. The predicted molar refractivity (Wildman–Crippen MR) is 215 cm³/mol. The number of nitrogens with one attached hydrogen (secondary N) is 3. The van der Waals surface area contributed by atoms with Crippen molar-refractivity contribution in [2.45, 2.75) is 31.7 Å². The van der Waals surface area contributed by atoms with Gasteiger partial charge in [-0.3, -0.25) is 0 Å². The topological polar surface area (TPSA) is 39.3 Å². The largest absolute Gasteiger partial charge is 0.381 e. The van der Waals surface area contributed by atoms with Crippen LogP contribution >= 0.6 is 23.5 Å². The number of nitrogens with zero attached hydrogens (tertiary/aromatic N) is 1. The Kier molecular flexibility index (Phi) is 8.56. The van der Waals surface area contributed by atoms with Crippen LogP contribution in [0.4, 0.5) is 0 Å². The molecule has 3 N–H and O–H groups in total. The van der Waals surface area contributed by atoms with Crippen molar-refractivity contribution in [3.05, 3.63) is 180 Å². The average Bonchev–Trinajstić information content (AvgIpc) is 3.19. The van der Waals surface area contributed by atoms with Crippen molar-refractivity contribution in [2.24, 2.45) is 0 Å². The summed E-state index contributed by atoms with van der Waals surface area (Å²) in [5.74, 6) is 0. The van der Waals surface area contributed by atoms with Crippen LogP contribution in [0.25, 0.3) is 33.6 Å². The number of hydrogen-bond donors (Lipinski definition) is 3. The lowest BCUT2D eigenvalue weighted by atomic mass is 9.96. The zero-order chi connectivity index (χ0) is 34.1. The molecule has 9 rings (SSSR count). The standard InChI is InChI=1S/C45H38N4S2/c1-49-25-9-5-13-41(49)33-17-21-37-36-20-16-31(39-11-3-7-23-47-39)27-43(36)50-42-26-30(38-10-2-6-22-46-38)14-18-34(42)35-19-15-32(40-12-4-8-24-48-40)28-44(35)51-45(37)29-33/h2-21,23,25-29,39,41,46-48H,22,24H2,1H3. The van der Waals surface area contributed by atoms with Crippen molar-refractivity contribution in [3.8, 4) is 22.3 Å². The summed E-state index contributed by atoms with van der Waals surface area (Å²) in [6, 6.07) is 28.3. The van der Waals surface area contributed by atoms with Crippen molar-refractivity contribution in [1.82, 2.24) is 20.9 Å². The molecule has 4 aromatic rings. The molecule has 0 radical (unpaired) electrons. The van der Waals surface area contributed by atoms with Crippen LogP contribution in [-0.4, -0.2) is 25.0 Å². The summed E-state index contributed by atoms with van der Waals surface area (Å²) in [6.07, 6.45) is 30.1. The Morgan fingerprint density at radius 2 is 1.12 bits per heavy atom. The highest BCUT2D eigenvalue weighted by atomic mass is 32.2. The van der Waals surface area contributed by atoms with E-state index < -0.39 is 0 Å². The van der Waals surface area contributed by atoms with Gasteiger partial charge in [-0.15, -0.1) is 0 Å². The number of likely N-dealkylation sites (N-methyl/N-ethyl adjacent to an activating group) is 1. The lowest BCUT2D eigenvalue weighted by Crippen LogP contribution is -2.18. The molecular formula is C45H38N4S2. The molecule has 5 aliphatic heterocycles. The minimum atomic E-state index is 0.125. The maximum absolute atomic E-state index is 3.59. The molecule has 0 amide bonds. The molecule has 2 atom stereocenters. The fourth-order valence-electron chi connectivity index (χ4n) is 7.20. The molecule has 5 heterocycles. The first-order valence-corrected chi connectivity index (χ1v) is 19.1. The second-order valence-corrected chi connectivity index (χ2v) is 15.3. The summed E-state index contributed by atoms with van der Waals surface area (Å²) < 4.78 is 0. The van der Waals surface area contributed by atoms with E-state index in [1.54, 1.807) is 0 Å². The lowest BCUT2D eigenvalue weighted by Gasteiger charge is -2.28. The van der Waals surface area contributed by atoms with Crippen molar-refractivity contribution in [1.29, 1.82) is 0 Å². The first-order chi connectivity index (χ1) is 25.2. The zero-order valence-corrected chi connectivity index (χ0v) is 30.0. The Balaban J connectivity index is 1.26. The van der Waals surface area contributed by atoms with Gasteiger partial charge in [0.15, 0.2) is 0 Å². The van der Waals surface area contributed by atoms with Crippen LogP contribution in [0.3, 0.4) is 0 Å². The highest BCUT2D eigenvalue weighted by molar-refractivity contribution is 8.00. The maximum Gasteiger partial charge on any atom is 0.0721 e. The van der Waals surface area contributed by atoms with E-state index in [1.165, 1.54) is 64.1 Å². The van der Waals surface area contributed by atoms with E-state index in [0.717, 1.165) is 24.5 Å². The fraction of sp³-hybridized carbons (Fsp3) is 0.111. The first kappa shape index (κ1) is 31.7. The van der Waals surface area contributed by atoms with E-state index in [1.807, 2.05) is 35.8 Å². The average molecular weight is 699 g/mol. The lowest BCUT2D eigenvalue weighted by molar-refractivity contribution is 0.389. The van der Waals surface area contributed by atoms with Crippen molar-refractivity contribution < 1.29 is 0 Å². The third-order valence-corrected chi connectivity index (χ3v) is 12.1. The van der Waals surface area contributed by atoms with Crippen LogP contribution in [0.2, 0.25) is 0 Å². The third kappa shape index (κ3) is 6.30. The summed E-state index contributed by atoms with van der Waals surface area (Å²) in [5, 5.41) is 10.7. The van der Waals surface area contributed by atoms with E-state index in [-0.39, 0.29) is 12.1 Å². The molecule has 4 aromatic carbocycles. The molecule has 2 unspecified atom stereocenters. The molecule has 0 saturated heterocycles. The Morgan fingerprint density at radius 3 is 1.67 bits per heavy atom. The Bertz CT molecular complexity index is 2290. The number of fused-ring (bicyclic) bond motifs is 6. The fourth-order valence-corrected chi connectivity index (χ4v) is 9.59. The molecule has 0 fully saturated rings. The molecule has 0 spiro atoms. The summed E-state index contributed by atoms with van der Waals surface area (Å²) in [7, 11) is 2.15. The molecule has 0 saturated carbocycles. The predicted octanol–water partition coefficient (Wildman–Crippen LogP) is 10.4. The minimum Gasteiger partial charge on any atom is -0.381 e. The highest BCUT2D eigenvalue weighted by Crippen LogP contribution is 2.50. The Hall–Kier alpha value is -5.30. The monoisotopic (exact) mass is 698 g/mol. The van der Waals surface area contributed by atoms with E-state index >= 15 is 0 Å². The van der Waals surface area contributed by atoms with Crippen LogP contribution < -0.4 is 16.0 Å². The van der Waals surface area contributed by atoms with E-state index in [9.17, 15) is 0 Å². The summed E-state index contributed by atoms with van der Waals surface area (Å²) >= 11 is 3.75. The van der Waals surface area contributed by atoms with Crippen LogP contribution in [-0.2, 0) is 0 Å². The molecule has 250 valence electrons. The zero-order valence-electron chi connectivity index (χ0n) is 28.3. The van der Waals surface area contributed by atoms with E-state index in [0.29, 0.717) is 0 Å². The van der Waals surface area contributed by atoms with Crippen LogP contribution in [0, 0.1) is 0 Å². The third-order valence-electron chi connectivity index (χ3n) is 9.89. The summed E-state index contributed by atoms with van der Waals surface area (Å²) in [5.41, 5.74) is 12.2. The van der Waals surface area contributed by atoms with Crippen molar-refractivity contribution >= 4 is 34.9 Å². The molecule has 0 bridgehead atoms. The SMILES string of the molecule is CN1C=CC=CC1c1ccc2c(c1)Sc1cc(C3=CC=CCN3)ccc1-c1ccc(C3=CC=CCN3)cc1Sc1cc(C3C=CC=CN3)ccc1-2. The molecule has 0 aromatic heterocycles. The van der Waals surface area contributed by atoms with Crippen molar-refractivity contribution in [2.75, 3.05) is 20.1 Å². The molecule has 6 heteroatoms. The molecule has 4 nitrogen and oxygen atoms in total.